The fourth-order valence-electron chi connectivity index (χ4n) is 3.58. The molecule has 2 amide bonds. The minimum atomic E-state index is -1.04. The minimum Gasteiger partial charge on any atom is -0.480 e. The molecule has 1 aliphatic heterocycles. The number of amides is 2. The van der Waals surface area contributed by atoms with E-state index in [4.69, 9.17) is 0 Å². The third-order valence-corrected chi connectivity index (χ3v) is 4.77. The van der Waals surface area contributed by atoms with Gasteiger partial charge in [0.25, 0.3) is 0 Å². The topological polar surface area (TPSA) is 105 Å². The van der Waals surface area contributed by atoms with Crippen molar-refractivity contribution in [1.82, 2.24) is 20.0 Å². The molecule has 1 fully saturated rings. The first-order valence-electron chi connectivity index (χ1n) is 9.05. The normalized spacial score (nSPS) is 21.7. The number of carboxylic acid groups (broad SMARTS) is 1. The van der Waals surface area contributed by atoms with Crippen LogP contribution in [0.15, 0.2) is 12.4 Å². The molecule has 0 saturated carbocycles. The van der Waals surface area contributed by atoms with Crippen LogP contribution in [0.25, 0.3) is 0 Å². The number of carbonyl (C=O) groups excluding carboxylic acids is 2. The summed E-state index contributed by atoms with van der Waals surface area (Å²) < 4.78 is 1.63. The van der Waals surface area contributed by atoms with Crippen LogP contribution in [-0.2, 0) is 21.4 Å². The highest BCUT2D eigenvalue weighted by Gasteiger charge is 2.41. The highest BCUT2D eigenvalue weighted by Crippen LogP contribution is 2.36. The third-order valence-electron chi connectivity index (χ3n) is 4.77. The number of aliphatic carboxylic acids is 1. The Morgan fingerprint density at radius 1 is 1.42 bits per heavy atom. The first-order chi connectivity index (χ1) is 12.2. The quantitative estimate of drug-likeness (QED) is 0.760. The van der Waals surface area contributed by atoms with E-state index in [1.807, 2.05) is 20.8 Å². The second kappa shape index (κ2) is 8.33. The smallest absolute Gasteiger partial charge is 0.326 e. The largest absolute Gasteiger partial charge is 0.480 e. The summed E-state index contributed by atoms with van der Waals surface area (Å²) in [5.41, 5.74) is 0.790. The Kier molecular flexibility index (Phi) is 6.39. The molecule has 1 aromatic heterocycles. The second-order valence-electron chi connectivity index (χ2n) is 7.25. The summed E-state index contributed by atoms with van der Waals surface area (Å²) in [7, 11) is 1.78. The number of carboxylic acids is 1. The van der Waals surface area contributed by atoms with Crippen molar-refractivity contribution in [3.8, 4) is 0 Å². The molecule has 1 aliphatic rings. The van der Waals surface area contributed by atoms with Gasteiger partial charge in [-0.3, -0.25) is 14.3 Å². The van der Waals surface area contributed by atoms with E-state index in [2.05, 4.69) is 10.4 Å². The fourth-order valence-corrected chi connectivity index (χ4v) is 3.58. The number of aromatic nitrogens is 2. The number of carbonyl (C=O) groups is 3. The number of nitrogens with one attached hydrogen (secondary N) is 1. The Labute approximate surface area is 153 Å². The van der Waals surface area contributed by atoms with Crippen molar-refractivity contribution < 1.29 is 19.5 Å². The fraction of sp³-hybridized carbons (Fsp3) is 0.667. The van der Waals surface area contributed by atoms with Gasteiger partial charge in [-0.25, -0.2) is 4.79 Å². The van der Waals surface area contributed by atoms with Crippen LogP contribution in [0.2, 0.25) is 0 Å². The highest BCUT2D eigenvalue weighted by molar-refractivity contribution is 5.88. The van der Waals surface area contributed by atoms with Gasteiger partial charge in [-0.1, -0.05) is 13.8 Å². The van der Waals surface area contributed by atoms with E-state index in [0.717, 1.165) is 5.56 Å². The number of piperidine rings is 1. The van der Waals surface area contributed by atoms with Gasteiger partial charge in [0.05, 0.1) is 18.2 Å². The summed E-state index contributed by atoms with van der Waals surface area (Å²) in [5.74, 6) is -1.71. The Bertz CT molecular complexity index is 670. The van der Waals surface area contributed by atoms with Gasteiger partial charge in [-0.15, -0.1) is 0 Å². The van der Waals surface area contributed by atoms with E-state index in [1.165, 1.54) is 0 Å². The number of nitrogens with zero attached hydrogens (tertiary/aromatic N) is 3. The summed E-state index contributed by atoms with van der Waals surface area (Å²) in [6.07, 6.45) is 4.51. The molecule has 0 spiro atoms. The van der Waals surface area contributed by atoms with Crippen LogP contribution in [0, 0.1) is 11.8 Å². The minimum absolute atomic E-state index is 0.00219. The highest BCUT2D eigenvalue weighted by atomic mass is 16.4. The Morgan fingerprint density at radius 3 is 2.62 bits per heavy atom. The standard InChI is InChI=1S/C18H28N4O4/c1-5-22-15(23)7-6-13(16(22)12-9-19-21(4)10-12)17(24)20-14(18(25)26)8-11(2)3/h9-11,13-14,16H,5-8H2,1-4H3,(H,20,24)(H,25,26)/t13?,14-,16?/m1/s1. The van der Waals surface area contributed by atoms with Gasteiger partial charge in [-0.2, -0.15) is 5.10 Å². The zero-order chi connectivity index (χ0) is 19.4. The molecule has 8 heteroatoms. The Morgan fingerprint density at radius 2 is 2.12 bits per heavy atom. The van der Waals surface area contributed by atoms with E-state index in [1.54, 1.807) is 29.0 Å². The molecule has 3 atom stereocenters. The lowest BCUT2D eigenvalue weighted by Gasteiger charge is -2.40. The van der Waals surface area contributed by atoms with Crippen molar-refractivity contribution in [2.75, 3.05) is 6.54 Å². The zero-order valence-electron chi connectivity index (χ0n) is 15.8. The van der Waals surface area contributed by atoms with Gasteiger partial charge >= 0.3 is 5.97 Å². The van der Waals surface area contributed by atoms with Crippen molar-refractivity contribution in [3.63, 3.8) is 0 Å². The molecule has 1 aromatic rings. The van der Waals surface area contributed by atoms with Crippen molar-refractivity contribution in [2.45, 2.75) is 52.1 Å². The van der Waals surface area contributed by atoms with Crippen molar-refractivity contribution >= 4 is 17.8 Å². The molecule has 144 valence electrons. The summed E-state index contributed by atoms with van der Waals surface area (Å²) in [6.45, 7) is 6.19. The number of aryl methyl sites for hydroxylation is 1. The molecule has 2 heterocycles. The lowest BCUT2D eigenvalue weighted by molar-refractivity contribution is -0.147. The zero-order valence-corrected chi connectivity index (χ0v) is 15.8. The predicted molar refractivity (Wildman–Crippen MR) is 95.1 cm³/mol. The average molecular weight is 364 g/mol. The SMILES string of the molecule is CCN1C(=O)CCC(C(=O)N[C@H](CC(C)C)C(=O)O)C1c1cnn(C)c1. The number of hydrogen-bond acceptors (Lipinski definition) is 4. The van der Waals surface area contributed by atoms with E-state index in [9.17, 15) is 19.5 Å². The van der Waals surface area contributed by atoms with Crippen LogP contribution < -0.4 is 5.32 Å². The van der Waals surface area contributed by atoms with Crippen LogP contribution in [0.5, 0.6) is 0 Å². The van der Waals surface area contributed by atoms with Gasteiger partial charge < -0.3 is 15.3 Å². The molecule has 0 aliphatic carbocycles. The van der Waals surface area contributed by atoms with Crippen molar-refractivity contribution in [2.24, 2.45) is 18.9 Å². The molecule has 1 saturated heterocycles. The van der Waals surface area contributed by atoms with Gasteiger partial charge in [0.15, 0.2) is 0 Å². The summed E-state index contributed by atoms with van der Waals surface area (Å²) in [4.78, 5) is 38.4. The molecular formula is C18H28N4O4. The van der Waals surface area contributed by atoms with Crippen LogP contribution in [0.3, 0.4) is 0 Å². The number of rotatable bonds is 7. The molecule has 2 unspecified atom stereocenters. The maximum absolute atomic E-state index is 12.9. The first kappa shape index (κ1) is 19.9. The molecular weight excluding hydrogens is 336 g/mol. The van der Waals surface area contributed by atoms with Crippen LogP contribution >= 0.6 is 0 Å². The molecule has 0 radical (unpaired) electrons. The average Bonchev–Trinajstić information content (AvgIpc) is 2.99. The Balaban J connectivity index is 2.27. The van der Waals surface area contributed by atoms with E-state index < -0.39 is 24.0 Å². The number of hydrogen-bond donors (Lipinski definition) is 2. The summed E-state index contributed by atoms with van der Waals surface area (Å²) in [6, 6.07) is -1.35. The van der Waals surface area contributed by atoms with Gasteiger partial charge in [0.2, 0.25) is 11.8 Å². The van der Waals surface area contributed by atoms with Gasteiger partial charge in [0.1, 0.15) is 6.04 Å². The van der Waals surface area contributed by atoms with Crippen molar-refractivity contribution in [3.05, 3.63) is 18.0 Å². The van der Waals surface area contributed by atoms with Gasteiger partial charge in [-0.05, 0) is 25.7 Å². The molecule has 0 bridgehead atoms. The van der Waals surface area contributed by atoms with E-state index in [-0.39, 0.29) is 24.2 Å². The summed E-state index contributed by atoms with van der Waals surface area (Å²) >= 11 is 0. The summed E-state index contributed by atoms with van der Waals surface area (Å²) in [5, 5.41) is 16.2. The second-order valence-corrected chi connectivity index (χ2v) is 7.25. The van der Waals surface area contributed by atoms with E-state index >= 15 is 0 Å². The van der Waals surface area contributed by atoms with Crippen LogP contribution in [-0.4, -0.2) is 50.2 Å². The third kappa shape index (κ3) is 4.42. The van der Waals surface area contributed by atoms with Crippen LogP contribution in [0.1, 0.15) is 51.6 Å². The van der Waals surface area contributed by atoms with Crippen LogP contribution in [0.4, 0.5) is 0 Å². The monoisotopic (exact) mass is 364 g/mol. The maximum atomic E-state index is 12.9. The molecule has 2 rings (SSSR count). The maximum Gasteiger partial charge on any atom is 0.326 e. The van der Waals surface area contributed by atoms with Gasteiger partial charge in [0, 0.05) is 31.8 Å². The first-order valence-corrected chi connectivity index (χ1v) is 9.05. The lowest BCUT2D eigenvalue weighted by atomic mass is 9.84. The molecule has 26 heavy (non-hydrogen) atoms. The predicted octanol–water partition coefficient (Wildman–Crippen LogP) is 1.34. The van der Waals surface area contributed by atoms with E-state index in [0.29, 0.717) is 19.4 Å². The molecule has 8 nitrogen and oxygen atoms in total. The van der Waals surface area contributed by atoms with Crippen molar-refractivity contribution in [1.29, 1.82) is 0 Å². The lowest BCUT2D eigenvalue weighted by Crippen LogP contribution is -2.51. The number of likely N-dealkylation sites (tertiary alicyclic amines) is 1. The molecule has 2 N–H and O–H groups in total. The Hall–Kier alpha value is -2.38. The molecule has 0 aromatic carbocycles.